The van der Waals surface area contributed by atoms with Crippen LogP contribution in [0.15, 0.2) is 51.7 Å². The van der Waals surface area contributed by atoms with Gasteiger partial charge in [-0.25, -0.2) is 9.78 Å². The fourth-order valence-corrected chi connectivity index (χ4v) is 4.45. The molecule has 2 aromatic carbocycles. The van der Waals surface area contributed by atoms with Gasteiger partial charge >= 0.3 is 11.6 Å². The number of nitrogens with two attached hydrogens (primary N) is 1. The van der Waals surface area contributed by atoms with Crippen LogP contribution in [0, 0.1) is 0 Å². The topological polar surface area (TPSA) is 95.4 Å². The van der Waals surface area contributed by atoms with Gasteiger partial charge in [-0.05, 0) is 63.4 Å². The molecular formula is C24H24N2O4S. The molecule has 160 valence electrons. The molecule has 0 saturated carbocycles. The summed E-state index contributed by atoms with van der Waals surface area (Å²) in [5.41, 5.74) is 8.26. The summed E-state index contributed by atoms with van der Waals surface area (Å²) in [5, 5.41) is 1.22. The van der Waals surface area contributed by atoms with E-state index in [1.54, 1.807) is 0 Å². The number of nitrogens with zero attached hydrogens (tertiary/aromatic N) is 1. The predicted molar refractivity (Wildman–Crippen MR) is 124 cm³/mol. The van der Waals surface area contributed by atoms with Crippen LogP contribution in [0.25, 0.3) is 31.8 Å². The maximum Gasteiger partial charge on any atom is 0.348 e. The number of aromatic nitrogens is 1. The number of carbonyl (C=O) groups excluding carboxylic acids is 1. The van der Waals surface area contributed by atoms with Crippen LogP contribution in [0.2, 0.25) is 0 Å². The Kier molecular flexibility index (Phi) is 5.54. The van der Waals surface area contributed by atoms with Crippen molar-refractivity contribution in [2.75, 3.05) is 5.73 Å². The molecule has 6 nitrogen and oxygen atoms in total. The molecule has 2 N–H and O–H groups in total. The lowest BCUT2D eigenvalue weighted by molar-refractivity contribution is -0.154. The van der Waals surface area contributed by atoms with Crippen LogP contribution in [0.5, 0.6) is 0 Å². The number of rotatable bonds is 5. The summed E-state index contributed by atoms with van der Waals surface area (Å²) in [6.45, 7) is 5.55. The van der Waals surface area contributed by atoms with Gasteiger partial charge < -0.3 is 14.9 Å². The summed E-state index contributed by atoms with van der Waals surface area (Å²) in [6.07, 6.45) is 1.64. The Balaban J connectivity index is 1.58. The Labute approximate surface area is 183 Å². The maximum absolute atomic E-state index is 12.7. The third-order valence-corrected chi connectivity index (χ3v) is 5.84. The molecule has 2 heterocycles. The number of benzene rings is 2. The normalized spacial score (nSPS) is 11.8. The zero-order valence-corrected chi connectivity index (χ0v) is 18.5. The first-order valence-electron chi connectivity index (χ1n) is 10.1. The van der Waals surface area contributed by atoms with Gasteiger partial charge in [0.05, 0.1) is 15.9 Å². The largest absolute Gasteiger partial charge is 0.460 e. The first-order valence-corrected chi connectivity index (χ1v) is 11.0. The summed E-state index contributed by atoms with van der Waals surface area (Å²) in [5.74, 6) is -0.218. The molecule has 0 radical (unpaired) electrons. The Bertz CT molecular complexity index is 1300. The quantitative estimate of drug-likeness (QED) is 0.336. The van der Waals surface area contributed by atoms with Crippen molar-refractivity contribution in [1.82, 2.24) is 4.98 Å². The van der Waals surface area contributed by atoms with Crippen molar-refractivity contribution >= 4 is 44.2 Å². The van der Waals surface area contributed by atoms with Gasteiger partial charge in [-0.2, -0.15) is 0 Å². The molecule has 0 unspecified atom stereocenters. The Morgan fingerprint density at radius 2 is 1.97 bits per heavy atom. The van der Waals surface area contributed by atoms with E-state index in [4.69, 9.17) is 14.9 Å². The number of carbonyl (C=O) groups is 1. The standard InChI is InChI=1S/C24H24N2O4S/c1-24(2,3)30-19(27)10-6-7-14-11-12-15-17(13-14)29-23(28)20(21(15)25)22-26-16-8-4-5-9-18(16)31-22/h4-5,8-9,11-13H,6-7,10,25H2,1-3H3. The molecule has 0 aliphatic rings. The maximum atomic E-state index is 12.7. The summed E-state index contributed by atoms with van der Waals surface area (Å²) >= 11 is 1.41. The number of fused-ring (bicyclic) bond motifs is 2. The second-order valence-electron chi connectivity index (χ2n) is 8.44. The fraction of sp³-hybridized carbons (Fsp3) is 0.292. The Morgan fingerprint density at radius 1 is 1.19 bits per heavy atom. The van der Waals surface area contributed by atoms with E-state index in [2.05, 4.69) is 4.98 Å². The van der Waals surface area contributed by atoms with Crippen LogP contribution in [0.1, 0.15) is 39.2 Å². The number of ether oxygens (including phenoxy) is 1. The summed E-state index contributed by atoms with van der Waals surface area (Å²) in [4.78, 5) is 29.2. The third kappa shape index (κ3) is 4.61. The average molecular weight is 437 g/mol. The fourth-order valence-electron chi connectivity index (χ4n) is 3.44. The molecule has 0 aliphatic carbocycles. The number of nitrogen functional groups attached to an aromatic ring is 1. The Morgan fingerprint density at radius 3 is 2.71 bits per heavy atom. The van der Waals surface area contributed by atoms with Crippen molar-refractivity contribution in [3.63, 3.8) is 0 Å². The van der Waals surface area contributed by atoms with Gasteiger partial charge in [0.15, 0.2) is 0 Å². The molecule has 0 spiro atoms. The van der Waals surface area contributed by atoms with Crippen LogP contribution >= 0.6 is 11.3 Å². The van der Waals surface area contributed by atoms with Gasteiger partial charge in [-0.1, -0.05) is 18.2 Å². The number of anilines is 1. The van der Waals surface area contributed by atoms with Gasteiger partial charge in [0.1, 0.15) is 21.8 Å². The summed E-state index contributed by atoms with van der Waals surface area (Å²) in [6, 6.07) is 13.3. The van der Waals surface area contributed by atoms with E-state index in [0.717, 1.165) is 15.8 Å². The van der Waals surface area contributed by atoms with Crippen molar-refractivity contribution in [2.45, 2.75) is 45.6 Å². The minimum absolute atomic E-state index is 0.218. The van der Waals surface area contributed by atoms with E-state index >= 15 is 0 Å². The van der Waals surface area contributed by atoms with Gasteiger partial charge in [0.2, 0.25) is 0 Å². The molecule has 2 aromatic heterocycles. The zero-order valence-electron chi connectivity index (χ0n) is 17.7. The number of para-hydroxylation sites is 1. The van der Waals surface area contributed by atoms with E-state index in [9.17, 15) is 9.59 Å². The number of hydrogen-bond donors (Lipinski definition) is 1. The molecule has 0 amide bonds. The van der Waals surface area contributed by atoms with Crippen LogP contribution in [-0.2, 0) is 16.0 Å². The molecule has 0 atom stereocenters. The van der Waals surface area contributed by atoms with Crippen LogP contribution < -0.4 is 11.4 Å². The van der Waals surface area contributed by atoms with Crippen LogP contribution in [0.4, 0.5) is 5.69 Å². The number of thiazole rings is 1. The summed E-state index contributed by atoms with van der Waals surface area (Å²) in [7, 11) is 0. The highest BCUT2D eigenvalue weighted by Gasteiger charge is 2.19. The lowest BCUT2D eigenvalue weighted by Gasteiger charge is -2.19. The Hall–Kier alpha value is -3.19. The highest BCUT2D eigenvalue weighted by atomic mass is 32.1. The molecule has 0 bridgehead atoms. The van der Waals surface area contributed by atoms with E-state index in [1.807, 2.05) is 63.2 Å². The number of esters is 1. The minimum Gasteiger partial charge on any atom is -0.460 e. The second kappa shape index (κ2) is 8.15. The van der Waals surface area contributed by atoms with E-state index < -0.39 is 11.2 Å². The zero-order chi connectivity index (χ0) is 22.2. The lowest BCUT2D eigenvalue weighted by Crippen LogP contribution is -2.23. The average Bonchev–Trinajstić information content (AvgIpc) is 3.10. The molecule has 4 rings (SSSR count). The van der Waals surface area contributed by atoms with Crippen molar-refractivity contribution in [2.24, 2.45) is 0 Å². The predicted octanol–water partition coefficient (Wildman–Crippen LogP) is 5.32. The minimum atomic E-state index is -0.505. The smallest absolute Gasteiger partial charge is 0.348 e. The van der Waals surface area contributed by atoms with Gasteiger partial charge in [-0.3, -0.25) is 4.79 Å². The molecular weight excluding hydrogens is 412 g/mol. The second-order valence-corrected chi connectivity index (χ2v) is 9.47. The monoisotopic (exact) mass is 436 g/mol. The van der Waals surface area contributed by atoms with Gasteiger partial charge in [0, 0.05) is 11.8 Å². The van der Waals surface area contributed by atoms with Gasteiger partial charge in [-0.15, -0.1) is 11.3 Å². The van der Waals surface area contributed by atoms with Crippen molar-refractivity contribution in [3.05, 3.63) is 58.4 Å². The van der Waals surface area contributed by atoms with Crippen LogP contribution in [0.3, 0.4) is 0 Å². The molecule has 0 aliphatic heterocycles. The first-order chi connectivity index (χ1) is 14.7. The molecule has 7 heteroatoms. The SMILES string of the molecule is CC(C)(C)OC(=O)CCCc1ccc2c(N)c(-c3nc4ccccc4s3)c(=O)oc2c1. The van der Waals surface area contributed by atoms with Crippen molar-refractivity contribution < 1.29 is 13.9 Å². The van der Waals surface area contributed by atoms with Gasteiger partial charge in [0.25, 0.3) is 0 Å². The van der Waals surface area contributed by atoms with Crippen molar-refractivity contribution in [1.29, 1.82) is 0 Å². The highest BCUT2D eigenvalue weighted by Crippen LogP contribution is 2.34. The van der Waals surface area contributed by atoms with E-state index in [0.29, 0.717) is 46.5 Å². The third-order valence-electron chi connectivity index (χ3n) is 4.79. The van der Waals surface area contributed by atoms with E-state index in [1.165, 1.54) is 11.3 Å². The number of aryl methyl sites for hydroxylation is 1. The highest BCUT2D eigenvalue weighted by molar-refractivity contribution is 7.21. The van der Waals surface area contributed by atoms with Crippen LogP contribution in [-0.4, -0.2) is 16.6 Å². The lowest BCUT2D eigenvalue weighted by atomic mass is 10.0. The first kappa shape index (κ1) is 21.1. The van der Waals surface area contributed by atoms with Crippen molar-refractivity contribution in [3.8, 4) is 10.6 Å². The molecule has 0 saturated heterocycles. The molecule has 4 aromatic rings. The molecule has 0 fully saturated rings. The van der Waals surface area contributed by atoms with E-state index in [-0.39, 0.29) is 5.97 Å². The summed E-state index contributed by atoms with van der Waals surface area (Å²) < 4.78 is 11.9. The molecule has 31 heavy (non-hydrogen) atoms. The number of hydrogen-bond acceptors (Lipinski definition) is 7.